The van der Waals surface area contributed by atoms with Gasteiger partial charge in [-0.05, 0) is 36.8 Å². The van der Waals surface area contributed by atoms with E-state index < -0.39 is 0 Å². The number of fused-ring (bicyclic) bond motifs is 3. The van der Waals surface area contributed by atoms with Crippen LogP contribution in [0.5, 0.6) is 0 Å². The van der Waals surface area contributed by atoms with E-state index in [-0.39, 0.29) is 0 Å². The Balaban J connectivity index is 1.45. The number of hydrogen-bond donors (Lipinski definition) is 0. The number of hydrogen-bond acceptors (Lipinski definition) is 5. The lowest BCUT2D eigenvalue weighted by Gasteiger charge is -2.36. The molecule has 0 unspecified atom stereocenters. The second-order valence-electron chi connectivity index (χ2n) is 6.79. The molecule has 5 nitrogen and oxygen atoms in total. The molecule has 0 bridgehead atoms. The van der Waals surface area contributed by atoms with Gasteiger partial charge in [0, 0.05) is 37.3 Å². The number of benzene rings is 2. The Bertz CT molecular complexity index is 1080. The number of aromatic nitrogens is 2. The minimum Gasteiger partial charge on any atom is -0.450 e. The van der Waals surface area contributed by atoms with Crippen LogP contribution in [0.3, 0.4) is 0 Å². The summed E-state index contributed by atoms with van der Waals surface area (Å²) in [6, 6.07) is 16.7. The number of anilines is 2. The molecular formula is C21H20N4O. The molecule has 1 aliphatic rings. The molecule has 5 rings (SSSR count). The van der Waals surface area contributed by atoms with Gasteiger partial charge in [-0.15, -0.1) is 0 Å². The van der Waals surface area contributed by atoms with Gasteiger partial charge >= 0.3 is 0 Å². The average molecular weight is 344 g/mol. The van der Waals surface area contributed by atoms with Crippen molar-refractivity contribution in [3.8, 4) is 0 Å². The van der Waals surface area contributed by atoms with Crippen molar-refractivity contribution in [3.05, 3.63) is 60.4 Å². The molecule has 2 aromatic heterocycles. The molecule has 1 saturated heterocycles. The minimum atomic E-state index is 0.790. The summed E-state index contributed by atoms with van der Waals surface area (Å²) in [4.78, 5) is 13.7. The highest BCUT2D eigenvalue weighted by Gasteiger charge is 2.22. The van der Waals surface area contributed by atoms with Crippen molar-refractivity contribution in [2.24, 2.45) is 0 Å². The zero-order chi connectivity index (χ0) is 17.5. The Hall–Kier alpha value is -3.08. The van der Waals surface area contributed by atoms with E-state index in [0.717, 1.165) is 54.1 Å². The van der Waals surface area contributed by atoms with Gasteiger partial charge in [-0.2, -0.15) is 0 Å². The maximum absolute atomic E-state index is 6.08. The first kappa shape index (κ1) is 15.2. The molecule has 0 spiro atoms. The van der Waals surface area contributed by atoms with Gasteiger partial charge in [0.1, 0.15) is 17.4 Å². The molecule has 26 heavy (non-hydrogen) atoms. The van der Waals surface area contributed by atoms with Crippen molar-refractivity contribution in [2.45, 2.75) is 6.92 Å². The van der Waals surface area contributed by atoms with Gasteiger partial charge in [-0.3, -0.25) is 0 Å². The van der Waals surface area contributed by atoms with Crippen LogP contribution in [0.1, 0.15) is 5.56 Å². The van der Waals surface area contributed by atoms with Gasteiger partial charge < -0.3 is 14.2 Å². The Morgan fingerprint density at radius 2 is 1.69 bits per heavy atom. The molecule has 0 radical (unpaired) electrons. The van der Waals surface area contributed by atoms with E-state index in [1.54, 1.807) is 6.33 Å². The summed E-state index contributed by atoms with van der Waals surface area (Å²) < 4.78 is 6.08. The lowest BCUT2D eigenvalue weighted by Crippen LogP contribution is -2.46. The molecule has 0 saturated carbocycles. The van der Waals surface area contributed by atoms with Gasteiger partial charge in [0.05, 0.1) is 0 Å². The van der Waals surface area contributed by atoms with Crippen molar-refractivity contribution in [3.63, 3.8) is 0 Å². The molecule has 0 aliphatic carbocycles. The number of piperazine rings is 1. The lowest BCUT2D eigenvalue weighted by molar-refractivity contribution is 0.629. The zero-order valence-electron chi connectivity index (χ0n) is 14.7. The van der Waals surface area contributed by atoms with Crippen molar-refractivity contribution < 1.29 is 4.42 Å². The molecule has 2 aromatic carbocycles. The molecule has 0 amide bonds. The van der Waals surface area contributed by atoms with Crippen LogP contribution in [-0.4, -0.2) is 36.1 Å². The first-order chi connectivity index (χ1) is 12.8. The predicted molar refractivity (Wildman–Crippen MR) is 105 cm³/mol. The Morgan fingerprint density at radius 3 is 2.54 bits per heavy atom. The second kappa shape index (κ2) is 6.02. The van der Waals surface area contributed by atoms with Gasteiger partial charge in [0.25, 0.3) is 0 Å². The molecule has 4 aromatic rings. The van der Waals surface area contributed by atoms with E-state index in [0.29, 0.717) is 0 Å². The number of furan rings is 1. The first-order valence-electron chi connectivity index (χ1n) is 8.98. The van der Waals surface area contributed by atoms with Gasteiger partial charge in [-0.25, -0.2) is 9.97 Å². The van der Waals surface area contributed by atoms with E-state index in [4.69, 9.17) is 4.42 Å². The summed E-state index contributed by atoms with van der Waals surface area (Å²) >= 11 is 0. The van der Waals surface area contributed by atoms with Crippen molar-refractivity contribution in [2.75, 3.05) is 36.0 Å². The van der Waals surface area contributed by atoms with Crippen LogP contribution in [-0.2, 0) is 0 Å². The number of rotatable bonds is 2. The van der Waals surface area contributed by atoms with Crippen molar-refractivity contribution >= 4 is 33.6 Å². The van der Waals surface area contributed by atoms with Gasteiger partial charge in [0.2, 0.25) is 0 Å². The van der Waals surface area contributed by atoms with E-state index >= 15 is 0 Å². The summed E-state index contributed by atoms with van der Waals surface area (Å²) in [6.07, 6.45) is 1.65. The number of aryl methyl sites for hydroxylation is 1. The van der Waals surface area contributed by atoms with E-state index in [2.05, 4.69) is 51.0 Å². The fraction of sp³-hybridized carbons (Fsp3) is 0.238. The maximum Gasteiger partial charge on any atom is 0.196 e. The quantitative estimate of drug-likeness (QED) is 0.550. The number of nitrogens with zero attached hydrogens (tertiary/aromatic N) is 4. The highest BCUT2D eigenvalue weighted by molar-refractivity contribution is 6.05. The molecule has 130 valence electrons. The highest BCUT2D eigenvalue weighted by atomic mass is 16.3. The molecule has 5 heteroatoms. The fourth-order valence-corrected chi connectivity index (χ4v) is 3.74. The van der Waals surface area contributed by atoms with Crippen LogP contribution in [0, 0.1) is 6.92 Å². The predicted octanol–water partition coefficient (Wildman–Crippen LogP) is 4.01. The van der Waals surface area contributed by atoms with Crippen molar-refractivity contribution in [1.29, 1.82) is 0 Å². The molecule has 0 N–H and O–H groups in total. The summed E-state index contributed by atoms with van der Waals surface area (Å²) in [5.41, 5.74) is 5.14. The third-order valence-corrected chi connectivity index (χ3v) is 5.09. The van der Waals surface area contributed by atoms with E-state index in [1.165, 1.54) is 11.3 Å². The molecule has 1 aliphatic heterocycles. The van der Waals surface area contributed by atoms with Crippen LogP contribution in [0.15, 0.2) is 59.3 Å². The Kier molecular flexibility index (Phi) is 3.52. The summed E-state index contributed by atoms with van der Waals surface area (Å²) in [6.45, 7) is 5.90. The van der Waals surface area contributed by atoms with Crippen LogP contribution >= 0.6 is 0 Å². The fourth-order valence-electron chi connectivity index (χ4n) is 3.74. The Morgan fingerprint density at radius 1 is 0.885 bits per heavy atom. The summed E-state index contributed by atoms with van der Waals surface area (Å²) in [7, 11) is 0. The van der Waals surface area contributed by atoms with Gasteiger partial charge in [0.15, 0.2) is 11.4 Å². The SMILES string of the molecule is Cc1cccc(N2CCN(c3ncnc4c3oc3ccccc34)CC2)c1. The largest absolute Gasteiger partial charge is 0.450 e. The van der Waals surface area contributed by atoms with Gasteiger partial charge in [-0.1, -0.05) is 24.3 Å². The van der Waals surface area contributed by atoms with E-state index in [9.17, 15) is 0 Å². The van der Waals surface area contributed by atoms with Crippen LogP contribution in [0.25, 0.3) is 22.1 Å². The second-order valence-corrected chi connectivity index (χ2v) is 6.79. The lowest BCUT2D eigenvalue weighted by atomic mass is 10.2. The molecule has 3 heterocycles. The molecule has 0 atom stereocenters. The van der Waals surface area contributed by atoms with Crippen LogP contribution in [0.2, 0.25) is 0 Å². The average Bonchev–Trinajstić information content (AvgIpc) is 3.07. The Labute approximate surface area is 151 Å². The topological polar surface area (TPSA) is 45.4 Å². The minimum absolute atomic E-state index is 0.790. The standard InChI is InChI=1S/C21H20N4O/c1-15-5-4-6-16(13-15)24-9-11-25(12-10-24)21-20-19(22-14-23-21)17-7-2-3-8-18(17)26-20/h2-8,13-14H,9-12H2,1H3. The zero-order valence-corrected chi connectivity index (χ0v) is 14.7. The monoisotopic (exact) mass is 344 g/mol. The third kappa shape index (κ3) is 2.47. The summed E-state index contributed by atoms with van der Waals surface area (Å²) in [5.74, 6) is 0.898. The van der Waals surface area contributed by atoms with Crippen LogP contribution < -0.4 is 9.80 Å². The number of para-hydroxylation sites is 1. The smallest absolute Gasteiger partial charge is 0.196 e. The molecular weight excluding hydrogens is 324 g/mol. The van der Waals surface area contributed by atoms with Crippen molar-refractivity contribution in [1.82, 2.24) is 9.97 Å². The van der Waals surface area contributed by atoms with E-state index in [1.807, 2.05) is 24.3 Å². The van der Waals surface area contributed by atoms with Crippen LogP contribution in [0.4, 0.5) is 11.5 Å². The molecule has 1 fully saturated rings. The summed E-state index contributed by atoms with van der Waals surface area (Å²) in [5, 5.41) is 1.05. The third-order valence-electron chi connectivity index (χ3n) is 5.09. The first-order valence-corrected chi connectivity index (χ1v) is 8.98. The maximum atomic E-state index is 6.08. The highest BCUT2D eigenvalue weighted by Crippen LogP contribution is 2.32. The normalized spacial score (nSPS) is 15.1.